The van der Waals surface area contributed by atoms with Crippen LogP contribution in [0.5, 0.6) is 0 Å². The van der Waals surface area contributed by atoms with Gasteiger partial charge in [0.1, 0.15) is 0 Å². The minimum Gasteiger partial charge on any atom is -0.315 e. The second kappa shape index (κ2) is 6.19. The molecule has 1 N–H and O–H groups in total. The van der Waals surface area contributed by atoms with Crippen LogP contribution in [-0.2, 0) is 0 Å². The zero-order chi connectivity index (χ0) is 12.3. The van der Waals surface area contributed by atoms with Crippen molar-refractivity contribution in [1.29, 1.82) is 0 Å². The normalized spacial score (nSPS) is 40.4. The Hall–Kier alpha value is -0.0800. The van der Waals surface area contributed by atoms with Crippen molar-refractivity contribution in [2.45, 2.75) is 64.5 Å². The van der Waals surface area contributed by atoms with Crippen molar-refractivity contribution >= 4 is 0 Å². The molecule has 1 saturated heterocycles. The molecule has 2 fully saturated rings. The smallest absolute Gasteiger partial charge is 0.0251 e. The topological polar surface area (TPSA) is 15.3 Å². The Morgan fingerprint density at radius 3 is 2.76 bits per heavy atom. The summed E-state index contributed by atoms with van der Waals surface area (Å²) in [4.78, 5) is 2.80. The van der Waals surface area contributed by atoms with Crippen LogP contribution in [0.1, 0.15) is 52.4 Å². The largest absolute Gasteiger partial charge is 0.315 e. The Morgan fingerprint density at radius 2 is 2.06 bits per heavy atom. The highest BCUT2D eigenvalue weighted by Gasteiger charge is 2.33. The first kappa shape index (κ1) is 13.4. The summed E-state index contributed by atoms with van der Waals surface area (Å²) in [5.41, 5.74) is 0. The first-order chi connectivity index (χ1) is 8.24. The number of nitrogens with one attached hydrogen (secondary N) is 1. The van der Waals surface area contributed by atoms with Gasteiger partial charge >= 0.3 is 0 Å². The molecule has 100 valence electrons. The average molecular weight is 238 g/mol. The summed E-state index contributed by atoms with van der Waals surface area (Å²) in [7, 11) is 2.15. The molecule has 0 bridgehead atoms. The number of piperidine rings is 1. The van der Waals surface area contributed by atoms with Crippen LogP contribution in [-0.4, -0.2) is 37.1 Å². The molecule has 0 aromatic rings. The third-order valence-corrected chi connectivity index (χ3v) is 5.05. The minimum absolute atomic E-state index is 0.738. The standard InChI is InChI=1S/C15H30N2/c1-4-13-6-5-9-17(11-13)15-10-12(2)7-8-14(15)16-3/h12-16H,4-11H2,1-3H3. The first-order valence-corrected chi connectivity index (χ1v) is 7.65. The quantitative estimate of drug-likeness (QED) is 0.813. The third kappa shape index (κ3) is 3.23. The predicted octanol–water partition coefficient (Wildman–Crippen LogP) is 2.89. The molecule has 1 heterocycles. The zero-order valence-electron chi connectivity index (χ0n) is 11.9. The Kier molecular flexibility index (Phi) is 4.87. The molecule has 0 aromatic heterocycles. The summed E-state index contributed by atoms with van der Waals surface area (Å²) < 4.78 is 0. The third-order valence-electron chi connectivity index (χ3n) is 5.05. The fraction of sp³-hybridized carbons (Fsp3) is 1.00. The van der Waals surface area contributed by atoms with Crippen LogP contribution in [0.3, 0.4) is 0 Å². The number of nitrogens with zero attached hydrogens (tertiary/aromatic N) is 1. The summed E-state index contributed by atoms with van der Waals surface area (Å²) >= 11 is 0. The molecule has 4 atom stereocenters. The lowest BCUT2D eigenvalue weighted by molar-refractivity contribution is 0.0629. The number of likely N-dealkylation sites (N-methyl/N-ethyl adjacent to an activating group) is 1. The van der Waals surface area contributed by atoms with Gasteiger partial charge in [0, 0.05) is 18.6 Å². The van der Waals surface area contributed by atoms with Crippen molar-refractivity contribution in [1.82, 2.24) is 10.2 Å². The first-order valence-electron chi connectivity index (χ1n) is 7.65. The van der Waals surface area contributed by atoms with Crippen LogP contribution in [0.15, 0.2) is 0 Å². The van der Waals surface area contributed by atoms with Crippen LogP contribution in [0, 0.1) is 11.8 Å². The molecule has 2 aliphatic rings. The lowest BCUT2D eigenvalue weighted by atomic mass is 9.81. The fourth-order valence-electron chi connectivity index (χ4n) is 3.82. The van der Waals surface area contributed by atoms with E-state index in [-0.39, 0.29) is 0 Å². The molecule has 17 heavy (non-hydrogen) atoms. The molecule has 2 rings (SSSR count). The Balaban J connectivity index is 1.97. The van der Waals surface area contributed by atoms with E-state index in [1.165, 1.54) is 51.6 Å². The molecule has 0 spiro atoms. The van der Waals surface area contributed by atoms with Crippen LogP contribution in [0.25, 0.3) is 0 Å². The van der Waals surface area contributed by atoms with Gasteiger partial charge < -0.3 is 5.32 Å². The van der Waals surface area contributed by atoms with Gasteiger partial charge in [-0.3, -0.25) is 4.90 Å². The van der Waals surface area contributed by atoms with Gasteiger partial charge in [0.25, 0.3) is 0 Å². The number of hydrogen-bond acceptors (Lipinski definition) is 2. The van der Waals surface area contributed by atoms with Crippen molar-refractivity contribution in [3.8, 4) is 0 Å². The van der Waals surface area contributed by atoms with Gasteiger partial charge in [-0.05, 0) is 57.5 Å². The van der Waals surface area contributed by atoms with Crippen LogP contribution in [0.2, 0.25) is 0 Å². The lowest BCUT2D eigenvalue weighted by Crippen LogP contribution is -2.54. The Bertz CT molecular complexity index is 229. The lowest BCUT2D eigenvalue weighted by Gasteiger charge is -2.45. The van der Waals surface area contributed by atoms with Gasteiger partial charge in [0.2, 0.25) is 0 Å². The van der Waals surface area contributed by atoms with Gasteiger partial charge in [0.05, 0.1) is 0 Å². The van der Waals surface area contributed by atoms with Gasteiger partial charge in [-0.25, -0.2) is 0 Å². The van der Waals surface area contributed by atoms with Crippen molar-refractivity contribution in [3.05, 3.63) is 0 Å². The van der Waals surface area contributed by atoms with E-state index in [1.54, 1.807) is 0 Å². The maximum Gasteiger partial charge on any atom is 0.0251 e. The summed E-state index contributed by atoms with van der Waals surface area (Å²) in [6, 6.07) is 1.54. The van der Waals surface area contributed by atoms with Gasteiger partial charge in [-0.15, -0.1) is 0 Å². The van der Waals surface area contributed by atoms with E-state index in [0.717, 1.165) is 23.9 Å². The van der Waals surface area contributed by atoms with Gasteiger partial charge in [0.15, 0.2) is 0 Å². The highest BCUT2D eigenvalue weighted by molar-refractivity contribution is 4.91. The van der Waals surface area contributed by atoms with E-state index in [2.05, 4.69) is 31.1 Å². The average Bonchev–Trinajstić information content (AvgIpc) is 2.39. The second-order valence-electron chi connectivity index (χ2n) is 6.29. The van der Waals surface area contributed by atoms with Gasteiger partial charge in [-0.2, -0.15) is 0 Å². The maximum atomic E-state index is 3.56. The highest BCUT2D eigenvalue weighted by Crippen LogP contribution is 2.31. The molecule has 1 saturated carbocycles. The van der Waals surface area contributed by atoms with E-state index >= 15 is 0 Å². The van der Waals surface area contributed by atoms with Crippen LogP contribution >= 0.6 is 0 Å². The SMILES string of the molecule is CCC1CCCN(C2CC(C)CCC2NC)C1. The molecule has 2 nitrogen and oxygen atoms in total. The van der Waals surface area contributed by atoms with E-state index < -0.39 is 0 Å². The Morgan fingerprint density at radius 1 is 1.24 bits per heavy atom. The van der Waals surface area contributed by atoms with E-state index in [9.17, 15) is 0 Å². The maximum absolute atomic E-state index is 3.56. The monoisotopic (exact) mass is 238 g/mol. The fourth-order valence-corrected chi connectivity index (χ4v) is 3.82. The molecule has 1 aliphatic carbocycles. The molecule has 0 aromatic carbocycles. The molecule has 1 aliphatic heterocycles. The van der Waals surface area contributed by atoms with Crippen molar-refractivity contribution in [3.63, 3.8) is 0 Å². The van der Waals surface area contributed by atoms with Crippen LogP contribution in [0.4, 0.5) is 0 Å². The van der Waals surface area contributed by atoms with E-state index in [0.29, 0.717) is 0 Å². The molecular weight excluding hydrogens is 208 g/mol. The predicted molar refractivity (Wildman–Crippen MR) is 74.2 cm³/mol. The summed E-state index contributed by atoms with van der Waals surface area (Å²) in [6.07, 6.45) is 8.42. The molecule has 4 unspecified atom stereocenters. The van der Waals surface area contributed by atoms with Crippen molar-refractivity contribution in [2.24, 2.45) is 11.8 Å². The summed E-state index contributed by atoms with van der Waals surface area (Å²) in [6.45, 7) is 7.48. The number of rotatable bonds is 3. The number of likely N-dealkylation sites (tertiary alicyclic amines) is 1. The van der Waals surface area contributed by atoms with E-state index in [4.69, 9.17) is 0 Å². The molecular formula is C15H30N2. The molecule has 2 heteroatoms. The summed E-state index contributed by atoms with van der Waals surface area (Å²) in [5.74, 6) is 1.88. The van der Waals surface area contributed by atoms with Crippen molar-refractivity contribution in [2.75, 3.05) is 20.1 Å². The highest BCUT2D eigenvalue weighted by atomic mass is 15.2. The van der Waals surface area contributed by atoms with Crippen molar-refractivity contribution < 1.29 is 0 Å². The van der Waals surface area contributed by atoms with E-state index in [1.807, 2.05) is 0 Å². The molecule has 0 amide bonds. The van der Waals surface area contributed by atoms with Gasteiger partial charge in [-0.1, -0.05) is 20.3 Å². The number of hydrogen-bond donors (Lipinski definition) is 1. The zero-order valence-corrected chi connectivity index (χ0v) is 11.9. The second-order valence-corrected chi connectivity index (χ2v) is 6.29. The summed E-state index contributed by atoms with van der Waals surface area (Å²) in [5, 5.41) is 3.56. The van der Waals surface area contributed by atoms with Crippen LogP contribution < -0.4 is 5.32 Å². The molecule has 0 radical (unpaired) electrons. The Labute approximate surface area is 107 Å². The minimum atomic E-state index is 0.738.